The van der Waals surface area contributed by atoms with Crippen LogP contribution in [-0.4, -0.2) is 24.1 Å². The van der Waals surface area contributed by atoms with Crippen molar-refractivity contribution < 1.29 is 13.0 Å². The van der Waals surface area contributed by atoms with Crippen LogP contribution in [-0.2, 0) is 10.1 Å². The van der Waals surface area contributed by atoms with Crippen molar-refractivity contribution >= 4 is 56.5 Å². The van der Waals surface area contributed by atoms with E-state index in [4.69, 9.17) is 51.0 Å². The molecule has 0 aromatic heterocycles. The number of hydrogen-bond acceptors (Lipinski definition) is 2. The Hall–Kier alpha value is 0.290. The summed E-state index contributed by atoms with van der Waals surface area (Å²) >= 11 is 23.4. The van der Waals surface area contributed by atoms with E-state index in [0.717, 1.165) is 0 Å². The van der Waals surface area contributed by atoms with Crippen molar-refractivity contribution in [2.45, 2.75) is 10.8 Å². The van der Waals surface area contributed by atoms with Crippen molar-refractivity contribution in [2.75, 3.05) is 5.75 Å². The SMILES string of the molecule is O=S(=O)(O)CC(Cl)C(Cl)c1ccc(Cl)cc1Cl. The highest BCUT2D eigenvalue weighted by atomic mass is 35.5. The van der Waals surface area contributed by atoms with E-state index in [-0.39, 0.29) is 0 Å². The third-order valence-electron chi connectivity index (χ3n) is 1.95. The lowest BCUT2D eigenvalue weighted by Gasteiger charge is -2.16. The van der Waals surface area contributed by atoms with Crippen LogP contribution in [0.4, 0.5) is 0 Å². The minimum Gasteiger partial charge on any atom is -0.286 e. The van der Waals surface area contributed by atoms with Gasteiger partial charge in [-0.05, 0) is 17.7 Å². The van der Waals surface area contributed by atoms with Crippen LogP contribution in [0.15, 0.2) is 18.2 Å². The van der Waals surface area contributed by atoms with Gasteiger partial charge in [0.15, 0.2) is 0 Å². The van der Waals surface area contributed by atoms with Crippen molar-refractivity contribution in [3.05, 3.63) is 33.8 Å². The average molecular weight is 338 g/mol. The van der Waals surface area contributed by atoms with Gasteiger partial charge in [0, 0.05) is 10.0 Å². The Balaban J connectivity index is 2.92. The molecule has 17 heavy (non-hydrogen) atoms. The lowest BCUT2D eigenvalue weighted by Crippen LogP contribution is -2.19. The fraction of sp³-hybridized carbons (Fsp3) is 0.333. The third kappa shape index (κ3) is 4.81. The molecule has 2 unspecified atom stereocenters. The highest BCUT2D eigenvalue weighted by Gasteiger charge is 2.25. The van der Waals surface area contributed by atoms with E-state index in [1.165, 1.54) is 6.07 Å². The molecule has 0 amide bonds. The lowest BCUT2D eigenvalue weighted by atomic mass is 10.1. The van der Waals surface area contributed by atoms with E-state index >= 15 is 0 Å². The predicted molar refractivity (Wildman–Crippen MR) is 71.1 cm³/mol. The van der Waals surface area contributed by atoms with Gasteiger partial charge in [0.2, 0.25) is 0 Å². The second kappa shape index (κ2) is 5.95. The number of hydrogen-bond donors (Lipinski definition) is 1. The van der Waals surface area contributed by atoms with Gasteiger partial charge in [-0.2, -0.15) is 8.42 Å². The molecule has 1 aromatic carbocycles. The summed E-state index contributed by atoms with van der Waals surface area (Å²) in [5.41, 5.74) is 0.460. The van der Waals surface area contributed by atoms with Crippen LogP contribution in [0.3, 0.4) is 0 Å². The van der Waals surface area contributed by atoms with Gasteiger partial charge < -0.3 is 0 Å². The number of rotatable bonds is 4. The molecule has 0 bridgehead atoms. The molecular formula is C9H8Cl4O3S. The van der Waals surface area contributed by atoms with Crippen LogP contribution in [0.5, 0.6) is 0 Å². The minimum absolute atomic E-state index is 0.290. The fourth-order valence-electron chi connectivity index (χ4n) is 1.21. The number of benzene rings is 1. The Morgan fingerprint density at radius 1 is 1.24 bits per heavy atom. The average Bonchev–Trinajstić information content (AvgIpc) is 2.14. The van der Waals surface area contributed by atoms with Crippen LogP contribution in [0.2, 0.25) is 10.0 Å². The summed E-state index contributed by atoms with van der Waals surface area (Å²) in [5, 5.41) is -1.12. The maximum atomic E-state index is 10.7. The second-order valence-corrected chi connectivity index (χ2v) is 6.70. The summed E-state index contributed by atoms with van der Waals surface area (Å²) in [5.74, 6) is -0.651. The Bertz CT molecular complexity index is 503. The Labute approximate surface area is 119 Å². The van der Waals surface area contributed by atoms with Crippen molar-refractivity contribution in [2.24, 2.45) is 0 Å². The molecule has 0 fully saturated rings. The first-order chi connectivity index (χ1) is 7.70. The molecule has 0 aliphatic carbocycles. The molecule has 1 aromatic rings. The molecule has 0 radical (unpaired) electrons. The topological polar surface area (TPSA) is 54.4 Å². The van der Waals surface area contributed by atoms with E-state index in [1.807, 2.05) is 0 Å². The normalized spacial score (nSPS) is 15.6. The summed E-state index contributed by atoms with van der Waals surface area (Å²) < 4.78 is 30.0. The van der Waals surface area contributed by atoms with Crippen LogP contribution in [0.25, 0.3) is 0 Å². The zero-order valence-electron chi connectivity index (χ0n) is 8.28. The molecule has 0 aliphatic rings. The molecule has 3 nitrogen and oxygen atoms in total. The zero-order chi connectivity index (χ0) is 13.2. The van der Waals surface area contributed by atoms with Gasteiger partial charge in [-0.1, -0.05) is 29.3 Å². The Kier molecular flexibility index (Phi) is 5.38. The fourth-order valence-corrected chi connectivity index (χ4v) is 3.38. The molecule has 0 spiro atoms. The van der Waals surface area contributed by atoms with Gasteiger partial charge in [-0.15, -0.1) is 23.2 Å². The summed E-state index contributed by atoms with van der Waals surface area (Å²) in [6.07, 6.45) is 0. The van der Waals surface area contributed by atoms with Gasteiger partial charge in [-0.3, -0.25) is 4.55 Å². The summed E-state index contributed by atoms with van der Waals surface area (Å²) in [4.78, 5) is 0. The third-order valence-corrected chi connectivity index (χ3v) is 4.55. The Morgan fingerprint density at radius 2 is 1.82 bits per heavy atom. The van der Waals surface area contributed by atoms with Crippen molar-refractivity contribution in [3.63, 3.8) is 0 Å². The van der Waals surface area contributed by atoms with Gasteiger partial charge in [0.05, 0.1) is 16.5 Å². The van der Waals surface area contributed by atoms with Crippen molar-refractivity contribution in [3.8, 4) is 0 Å². The lowest BCUT2D eigenvalue weighted by molar-refractivity contribution is 0.481. The summed E-state index contributed by atoms with van der Waals surface area (Å²) in [6, 6.07) is 4.60. The summed E-state index contributed by atoms with van der Waals surface area (Å²) in [6.45, 7) is 0. The first kappa shape index (κ1) is 15.3. The van der Waals surface area contributed by atoms with E-state index in [0.29, 0.717) is 15.6 Å². The largest absolute Gasteiger partial charge is 0.286 e. The Morgan fingerprint density at radius 3 is 2.29 bits per heavy atom. The maximum Gasteiger partial charge on any atom is 0.266 e. The van der Waals surface area contributed by atoms with Gasteiger partial charge in [0.25, 0.3) is 10.1 Å². The van der Waals surface area contributed by atoms with Crippen LogP contribution in [0, 0.1) is 0 Å². The van der Waals surface area contributed by atoms with Crippen LogP contribution >= 0.6 is 46.4 Å². The van der Waals surface area contributed by atoms with E-state index in [9.17, 15) is 8.42 Å². The predicted octanol–water partition coefficient (Wildman–Crippen LogP) is 3.77. The van der Waals surface area contributed by atoms with E-state index in [2.05, 4.69) is 0 Å². The van der Waals surface area contributed by atoms with Crippen LogP contribution < -0.4 is 0 Å². The molecule has 1 rings (SSSR count). The van der Waals surface area contributed by atoms with Crippen LogP contribution in [0.1, 0.15) is 10.9 Å². The van der Waals surface area contributed by atoms with E-state index < -0.39 is 26.6 Å². The van der Waals surface area contributed by atoms with E-state index in [1.54, 1.807) is 12.1 Å². The summed E-state index contributed by atoms with van der Waals surface area (Å²) in [7, 11) is -4.18. The van der Waals surface area contributed by atoms with Crippen molar-refractivity contribution in [1.29, 1.82) is 0 Å². The standard InChI is InChI=1S/C9H8Cl4O3S/c10-5-1-2-6(7(11)3-5)9(13)8(12)4-17(14,15)16/h1-3,8-9H,4H2,(H,14,15,16). The number of halogens is 4. The molecular weight excluding hydrogens is 330 g/mol. The smallest absolute Gasteiger partial charge is 0.266 e. The highest BCUT2D eigenvalue weighted by molar-refractivity contribution is 7.85. The molecule has 8 heteroatoms. The molecule has 0 heterocycles. The van der Waals surface area contributed by atoms with Crippen molar-refractivity contribution in [1.82, 2.24) is 0 Å². The highest BCUT2D eigenvalue weighted by Crippen LogP contribution is 2.34. The molecule has 96 valence electrons. The molecule has 1 N–H and O–H groups in total. The quantitative estimate of drug-likeness (QED) is 0.672. The monoisotopic (exact) mass is 336 g/mol. The maximum absolute atomic E-state index is 10.7. The zero-order valence-corrected chi connectivity index (χ0v) is 12.1. The molecule has 0 aliphatic heterocycles. The molecule has 0 saturated heterocycles. The minimum atomic E-state index is -4.18. The van der Waals surface area contributed by atoms with Gasteiger partial charge in [-0.25, -0.2) is 0 Å². The number of alkyl halides is 2. The first-order valence-electron chi connectivity index (χ1n) is 4.39. The van der Waals surface area contributed by atoms with Gasteiger partial charge in [0.1, 0.15) is 0 Å². The molecule has 2 atom stereocenters. The van der Waals surface area contributed by atoms with Gasteiger partial charge >= 0.3 is 0 Å². The molecule has 0 saturated carbocycles. The first-order valence-corrected chi connectivity index (χ1v) is 7.63. The second-order valence-electron chi connectivity index (χ2n) is 3.33.